The van der Waals surface area contributed by atoms with Crippen LogP contribution in [-0.2, 0) is 19.9 Å². The molecule has 1 aliphatic rings. The Kier molecular flexibility index (Phi) is 3.78. The topological polar surface area (TPSA) is 97.0 Å². The molecule has 0 saturated carbocycles. The smallest absolute Gasteiger partial charge is 0.334 e. The number of aromatic nitrogens is 7. The summed E-state index contributed by atoms with van der Waals surface area (Å²) in [5.41, 5.74) is 1.44. The number of hydrogen-bond donors (Lipinski definition) is 1. The van der Waals surface area contributed by atoms with Crippen LogP contribution in [0.5, 0.6) is 0 Å². The summed E-state index contributed by atoms with van der Waals surface area (Å²) in [6.07, 6.45) is 3.64. The summed E-state index contributed by atoms with van der Waals surface area (Å²) in [5, 5.41) is 4.51. The van der Waals surface area contributed by atoms with Crippen molar-refractivity contribution < 1.29 is 0 Å². The first-order valence-corrected chi connectivity index (χ1v) is 8.62. The molecule has 1 N–H and O–H groups in total. The van der Waals surface area contributed by atoms with Crippen molar-refractivity contribution in [2.45, 2.75) is 39.5 Å². The Morgan fingerprint density at radius 3 is 2.60 bits per heavy atom. The minimum absolute atomic E-state index is 0.200. The van der Waals surface area contributed by atoms with Crippen molar-refractivity contribution >= 4 is 11.7 Å². The molecule has 1 aliphatic heterocycles. The van der Waals surface area contributed by atoms with Crippen LogP contribution >= 0.6 is 0 Å². The van der Waals surface area contributed by atoms with Crippen molar-refractivity contribution in [2.75, 3.05) is 18.0 Å². The van der Waals surface area contributed by atoms with Crippen LogP contribution in [-0.4, -0.2) is 47.2 Å². The summed E-state index contributed by atoms with van der Waals surface area (Å²) < 4.78 is 3.32. The maximum Gasteiger partial charge on any atom is 0.334 e. The molecule has 1 fully saturated rings. The van der Waals surface area contributed by atoms with Gasteiger partial charge in [-0.15, -0.1) is 5.10 Å². The third-order valence-corrected chi connectivity index (χ3v) is 4.83. The molecule has 0 amide bonds. The van der Waals surface area contributed by atoms with E-state index in [-0.39, 0.29) is 5.69 Å². The second kappa shape index (κ2) is 5.98. The summed E-state index contributed by atoms with van der Waals surface area (Å²) in [6.45, 7) is 5.79. The Morgan fingerprint density at radius 1 is 1.08 bits per heavy atom. The molecule has 9 nitrogen and oxygen atoms in total. The van der Waals surface area contributed by atoms with E-state index in [9.17, 15) is 4.79 Å². The highest BCUT2D eigenvalue weighted by molar-refractivity contribution is 5.34. The molecular weight excluding hydrogens is 320 g/mol. The number of nitrogens with zero attached hydrogens (tertiary/aromatic N) is 7. The number of aryl methyl sites for hydroxylation is 5. The molecule has 132 valence electrons. The van der Waals surface area contributed by atoms with Gasteiger partial charge in [0.15, 0.2) is 0 Å². The molecule has 0 aliphatic carbocycles. The Bertz CT molecular complexity index is 976. The van der Waals surface area contributed by atoms with Crippen LogP contribution in [0.15, 0.2) is 4.79 Å². The lowest BCUT2D eigenvalue weighted by Gasteiger charge is -2.10. The van der Waals surface area contributed by atoms with Gasteiger partial charge in [-0.3, -0.25) is 9.67 Å². The van der Waals surface area contributed by atoms with Gasteiger partial charge in [0.1, 0.15) is 11.6 Å². The molecule has 4 heterocycles. The minimum Gasteiger partial charge on any atom is -0.340 e. The van der Waals surface area contributed by atoms with Crippen molar-refractivity contribution in [1.29, 1.82) is 0 Å². The number of rotatable bonds is 4. The molecule has 1 saturated heterocycles. The van der Waals surface area contributed by atoms with Crippen LogP contribution < -0.4 is 10.6 Å². The molecule has 4 rings (SSSR count). The second-order valence-corrected chi connectivity index (χ2v) is 6.55. The van der Waals surface area contributed by atoms with Gasteiger partial charge < -0.3 is 4.90 Å². The zero-order valence-electron chi connectivity index (χ0n) is 14.8. The highest BCUT2D eigenvalue weighted by atomic mass is 16.1. The van der Waals surface area contributed by atoms with E-state index in [0.29, 0.717) is 24.4 Å². The third-order valence-electron chi connectivity index (χ3n) is 4.83. The van der Waals surface area contributed by atoms with E-state index in [4.69, 9.17) is 0 Å². The van der Waals surface area contributed by atoms with E-state index >= 15 is 0 Å². The van der Waals surface area contributed by atoms with E-state index in [2.05, 4.69) is 29.9 Å². The van der Waals surface area contributed by atoms with Crippen molar-refractivity contribution in [2.24, 2.45) is 7.05 Å². The van der Waals surface area contributed by atoms with Gasteiger partial charge in [0.25, 0.3) is 0 Å². The molecule has 25 heavy (non-hydrogen) atoms. The van der Waals surface area contributed by atoms with E-state index in [1.807, 2.05) is 25.6 Å². The molecule has 3 aromatic rings. The summed E-state index contributed by atoms with van der Waals surface area (Å²) in [6, 6.07) is 0. The standard InChI is InChI=1S/C16H22N8O/c1-10-11(2)24-14(17-10)18-12(19-16(24)25)6-7-13-20-15(21-22(13)3)23-8-4-5-9-23/h4-9H2,1-3H3,(H,17,18,19,25). The van der Waals surface area contributed by atoms with E-state index in [1.54, 1.807) is 0 Å². The van der Waals surface area contributed by atoms with Crippen LogP contribution in [0.2, 0.25) is 0 Å². The zero-order chi connectivity index (χ0) is 17.6. The molecule has 0 bridgehead atoms. The number of nitrogens with one attached hydrogen (secondary N) is 1. The average Bonchev–Trinajstić information content (AvgIpc) is 3.27. The van der Waals surface area contributed by atoms with E-state index in [0.717, 1.165) is 36.3 Å². The zero-order valence-corrected chi connectivity index (χ0v) is 14.8. The van der Waals surface area contributed by atoms with Crippen LogP contribution in [0.1, 0.15) is 35.9 Å². The number of aromatic amines is 1. The molecule has 3 aromatic heterocycles. The fourth-order valence-corrected chi connectivity index (χ4v) is 3.26. The normalized spacial score (nSPS) is 14.8. The highest BCUT2D eigenvalue weighted by Gasteiger charge is 2.18. The Labute approximate surface area is 144 Å². The predicted octanol–water partition coefficient (Wildman–Crippen LogP) is 0.548. The first kappa shape index (κ1) is 15.8. The number of hydrogen-bond acceptors (Lipinski definition) is 6. The number of anilines is 1. The fourth-order valence-electron chi connectivity index (χ4n) is 3.26. The van der Waals surface area contributed by atoms with Gasteiger partial charge in [-0.25, -0.2) is 14.2 Å². The lowest BCUT2D eigenvalue weighted by molar-refractivity contribution is 0.678. The Morgan fingerprint density at radius 2 is 1.84 bits per heavy atom. The molecule has 0 radical (unpaired) electrons. The molecule has 0 aromatic carbocycles. The van der Waals surface area contributed by atoms with Crippen LogP contribution in [0.25, 0.3) is 5.78 Å². The van der Waals surface area contributed by atoms with Gasteiger partial charge in [0, 0.05) is 38.7 Å². The highest BCUT2D eigenvalue weighted by Crippen LogP contribution is 2.16. The lowest BCUT2D eigenvalue weighted by atomic mass is 10.3. The monoisotopic (exact) mass is 342 g/mol. The maximum absolute atomic E-state index is 12.3. The molecular formula is C16H22N8O. The van der Waals surface area contributed by atoms with Gasteiger partial charge >= 0.3 is 5.69 Å². The first-order valence-electron chi connectivity index (χ1n) is 8.62. The summed E-state index contributed by atoms with van der Waals surface area (Å²) in [5.74, 6) is 2.75. The quantitative estimate of drug-likeness (QED) is 0.744. The first-order chi connectivity index (χ1) is 12.0. The Hall–Kier alpha value is -2.71. The van der Waals surface area contributed by atoms with Crippen molar-refractivity contribution in [3.05, 3.63) is 33.5 Å². The van der Waals surface area contributed by atoms with Crippen molar-refractivity contribution in [3.63, 3.8) is 0 Å². The molecule has 0 spiro atoms. The molecule has 0 atom stereocenters. The summed E-state index contributed by atoms with van der Waals surface area (Å²) >= 11 is 0. The summed E-state index contributed by atoms with van der Waals surface area (Å²) in [4.78, 5) is 30.8. The van der Waals surface area contributed by atoms with Crippen LogP contribution in [0.4, 0.5) is 5.95 Å². The van der Waals surface area contributed by atoms with Gasteiger partial charge in [0.2, 0.25) is 11.7 Å². The van der Waals surface area contributed by atoms with Crippen molar-refractivity contribution in [3.8, 4) is 0 Å². The van der Waals surface area contributed by atoms with Gasteiger partial charge in [-0.2, -0.15) is 9.97 Å². The Balaban J connectivity index is 1.55. The van der Waals surface area contributed by atoms with Crippen LogP contribution in [0, 0.1) is 13.8 Å². The number of imidazole rings is 1. The second-order valence-electron chi connectivity index (χ2n) is 6.55. The minimum atomic E-state index is -0.200. The van der Waals surface area contributed by atoms with Gasteiger partial charge in [-0.1, -0.05) is 0 Å². The predicted molar refractivity (Wildman–Crippen MR) is 92.9 cm³/mol. The van der Waals surface area contributed by atoms with E-state index < -0.39 is 0 Å². The number of H-pyrrole nitrogens is 1. The molecule has 9 heteroatoms. The van der Waals surface area contributed by atoms with Crippen molar-refractivity contribution in [1.82, 2.24) is 34.1 Å². The summed E-state index contributed by atoms with van der Waals surface area (Å²) in [7, 11) is 1.91. The largest absolute Gasteiger partial charge is 0.340 e. The third kappa shape index (κ3) is 2.79. The van der Waals surface area contributed by atoms with E-state index in [1.165, 1.54) is 17.2 Å². The lowest BCUT2D eigenvalue weighted by Crippen LogP contribution is -2.21. The van der Waals surface area contributed by atoms with Gasteiger partial charge in [0.05, 0.1) is 5.69 Å². The fraction of sp³-hybridized carbons (Fsp3) is 0.562. The number of fused-ring (bicyclic) bond motifs is 1. The van der Waals surface area contributed by atoms with Crippen LogP contribution in [0.3, 0.4) is 0 Å². The average molecular weight is 342 g/mol. The molecule has 0 unspecified atom stereocenters. The maximum atomic E-state index is 12.3. The van der Waals surface area contributed by atoms with Gasteiger partial charge in [-0.05, 0) is 26.7 Å². The SMILES string of the molecule is Cc1nc2nc(CCc3nc(N4CCCC4)nn3C)[nH]c(=O)n2c1C.